The maximum Gasteiger partial charge on any atom is 0.158 e. The average molecular weight is 343 g/mol. The highest BCUT2D eigenvalue weighted by atomic mass is 35.5. The van der Waals surface area contributed by atoms with Crippen LogP contribution in [0.4, 0.5) is 5.69 Å². The number of anilines is 1. The summed E-state index contributed by atoms with van der Waals surface area (Å²) >= 11 is 6.24. The molecule has 124 valence electrons. The maximum absolute atomic E-state index is 6.24. The average Bonchev–Trinajstić information content (AvgIpc) is 3.13. The highest BCUT2D eigenvalue weighted by Gasteiger charge is 2.07. The third-order valence-corrected chi connectivity index (χ3v) is 3.92. The van der Waals surface area contributed by atoms with Crippen molar-refractivity contribution in [2.75, 3.05) is 19.2 Å². The second kappa shape index (κ2) is 7.86. The third-order valence-electron chi connectivity index (χ3n) is 3.57. The van der Waals surface area contributed by atoms with E-state index in [1.165, 1.54) is 0 Å². The molecule has 0 atom stereocenters. The molecule has 0 saturated heterocycles. The third kappa shape index (κ3) is 4.07. The predicted octanol–water partition coefficient (Wildman–Crippen LogP) is 3.38. The van der Waals surface area contributed by atoms with Crippen LogP contribution in [-0.2, 0) is 11.3 Å². The van der Waals surface area contributed by atoms with Crippen molar-refractivity contribution in [3.8, 4) is 0 Å². The van der Waals surface area contributed by atoms with Crippen LogP contribution >= 0.6 is 11.6 Å². The quantitative estimate of drug-likeness (QED) is 0.556. The molecule has 0 aliphatic carbocycles. The minimum absolute atomic E-state index is 0.523. The number of hydrazone groups is 1. The van der Waals surface area contributed by atoms with Gasteiger partial charge in [0.25, 0.3) is 0 Å². The molecule has 0 unspecified atom stereocenters. The minimum atomic E-state index is 0.523. The molecule has 0 aromatic heterocycles. The van der Waals surface area contributed by atoms with Crippen LogP contribution in [0, 0.1) is 0 Å². The zero-order chi connectivity index (χ0) is 16.8. The number of nitrogens with zero attached hydrogens (tertiary/aromatic N) is 1. The van der Waals surface area contributed by atoms with Gasteiger partial charge in [-0.25, -0.2) is 0 Å². The Kier molecular flexibility index (Phi) is 5.36. The van der Waals surface area contributed by atoms with E-state index in [9.17, 15) is 0 Å². The number of benzene rings is 2. The lowest BCUT2D eigenvalue weighted by Crippen LogP contribution is -2.05. The summed E-state index contributed by atoms with van der Waals surface area (Å²) in [5, 5.41) is 11.1. The van der Waals surface area contributed by atoms with Gasteiger partial charge in [-0.3, -0.25) is 5.43 Å². The molecule has 0 saturated carbocycles. The first-order valence-electron chi connectivity index (χ1n) is 7.65. The van der Waals surface area contributed by atoms with Crippen LogP contribution in [0.5, 0.6) is 0 Å². The van der Waals surface area contributed by atoms with Crippen molar-refractivity contribution in [1.82, 2.24) is 10.6 Å². The van der Waals surface area contributed by atoms with Gasteiger partial charge in [0.15, 0.2) is 6.73 Å². The van der Waals surface area contributed by atoms with E-state index in [1.54, 1.807) is 6.21 Å². The summed E-state index contributed by atoms with van der Waals surface area (Å²) < 4.78 is 5.44. The van der Waals surface area contributed by atoms with Gasteiger partial charge in [0.2, 0.25) is 0 Å². The Hall–Kier alpha value is -2.50. The lowest BCUT2D eigenvalue weighted by atomic mass is 10.1. The van der Waals surface area contributed by atoms with Gasteiger partial charge in [-0.1, -0.05) is 23.7 Å². The summed E-state index contributed by atoms with van der Waals surface area (Å²) in [6, 6.07) is 13.8. The smallest absolute Gasteiger partial charge is 0.158 e. The Morgan fingerprint density at radius 3 is 2.75 bits per heavy atom. The SMILES string of the molecule is CNCc1ccc(C=NNc2ccc(C3=CNCO3)cc2)cc1Cl. The van der Waals surface area contributed by atoms with Crippen molar-refractivity contribution in [2.24, 2.45) is 5.10 Å². The molecule has 0 fully saturated rings. The van der Waals surface area contributed by atoms with Gasteiger partial charge in [-0.15, -0.1) is 0 Å². The number of hydrogen-bond donors (Lipinski definition) is 3. The first kappa shape index (κ1) is 16.4. The molecule has 24 heavy (non-hydrogen) atoms. The Morgan fingerprint density at radius 2 is 2.08 bits per heavy atom. The highest BCUT2D eigenvalue weighted by molar-refractivity contribution is 6.31. The molecule has 1 aliphatic rings. The van der Waals surface area contributed by atoms with E-state index in [-0.39, 0.29) is 0 Å². The fraction of sp³-hybridized carbons (Fsp3) is 0.167. The fourth-order valence-electron chi connectivity index (χ4n) is 2.33. The molecule has 2 aromatic carbocycles. The van der Waals surface area contributed by atoms with E-state index in [0.717, 1.165) is 39.7 Å². The first-order valence-corrected chi connectivity index (χ1v) is 8.03. The summed E-state index contributed by atoms with van der Waals surface area (Å²) in [5.41, 5.74) is 6.95. The van der Waals surface area contributed by atoms with Crippen LogP contribution in [0.25, 0.3) is 5.76 Å². The number of halogens is 1. The van der Waals surface area contributed by atoms with Crippen molar-refractivity contribution in [3.63, 3.8) is 0 Å². The summed E-state index contributed by atoms with van der Waals surface area (Å²) in [5.74, 6) is 0.848. The number of ether oxygens (including phenoxy) is 1. The van der Waals surface area contributed by atoms with Gasteiger partial charge in [-0.2, -0.15) is 5.10 Å². The number of nitrogens with one attached hydrogen (secondary N) is 3. The van der Waals surface area contributed by atoms with Crippen LogP contribution in [0.2, 0.25) is 5.02 Å². The lowest BCUT2D eigenvalue weighted by Gasteiger charge is -2.05. The standard InChI is InChI=1S/C18H19ClN4O/c1-20-10-15-3-2-13(8-17(15)19)9-22-23-16-6-4-14(5-7-16)18-11-21-12-24-18/h2-9,11,20-21,23H,10,12H2,1H3. The molecular weight excluding hydrogens is 324 g/mol. The molecule has 1 heterocycles. The van der Waals surface area contributed by atoms with Crippen molar-refractivity contribution in [2.45, 2.75) is 6.54 Å². The predicted molar refractivity (Wildman–Crippen MR) is 98.9 cm³/mol. The maximum atomic E-state index is 6.24. The second-order valence-corrected chi connectivity index (χ2v) is 5.74. The minimum Gasteiger partial charge on any atom is -0.471 e. The molecule has 3 N–H and O–H groups in total. The Bertz CT molecular complexity index is 756. The van der Waals surface area contributed by atoms with Gasteiger partial charge in [0.05, 0.1) is 11.9 Å². The molecule has 0 bridgehead atoms. The van der Waals surface area contributed by atoms with Crippen LogP contribution in [0.1, 0.15) is 16.7 Å². The van der Waals surface area contributed by atoms with Crippen molar-refractivity contribution in [3.05, 3.63) is 70.4 Å². The van der Waals surface area contributed by atoms with Crippen molar-refractivity contribution >= 4 is 29.3 Å². The van der Waals surface area contributed by atoms with E-state index in [4.69, 9.17) is 16.3 Å². The van der Waals surface area contributed by atoms with Gasteiger partial charge in [0, 0.05) is 23.3 Å². The normalized spacial score (nSPS) is 13.5. The van der Waals surface area contributed by atoms with Crippen molar-refractivity contribution in [1.29, 1.82) is 0 Å². The Balaban J connectivity index is 1.60. The number of hydrogen-bond acceptors (Lipinski definition) is 5. The molecule has 3 rings (SSSR count). The Morgan fingerprint density at radius 1 is 1.25 bits per heavy atom. The van der Waals surface area contributed by atoms with Crippen LogP contribution in [-0.4, -0.2) is 20.0 Å². The van der Waals surface area contributed by atoms with E-state index >= 15 is 0 Å². The number of rotatable bonds is 6. The summed E-state index contributed by atoms with van der Waals surface area (Å²) in [4.78, 5) is 0. The van der Waals surface area contributed by atoms with Gasteiger partial charge >= 0.3 is 0 Å². The summed E-state index contributed by atoms with van der Waals surface area (Å²) in [7, 11) is 1.90. The summed E-state index contributed by atoms with van der Waals surface area (Å²) in [6.45, 7) is 1.27. The monoisotopic (exact) mass is 342 g/mol. The molecular formula is C18H19ClN4O. The van der Waals surface area contributed by atoms with Crippen molar-refractivity contribution < 1.29 is 4.74 Å². The summed E-state index contributed by atoms with van der Waals surface area (Å²) in [6.07, 6.45) is 3.61. The van der Waals surface area contributed by atoms with Gasteiger partial charge < -0.3 is 15.4 Å². The second-order valence-electron chi connectivity index (χ2n) is 5.33. The molecule has 6 heteroatoms. The fourth-order valence-corrected chi connectivity index (χ4v) is 2.59. The van der Waals surface area contributed by atoms with Crippen LogP contribution in [0.15, 0.2) is 53.8 Å². The van der Waals surface area contributed by atoms with Crippen LogP contribution in [0.3, 0.4) is 0 Å². The zero-order valence-electron chi connectivity index (χ0n) is 13.3. The molecule has 5 nitrogen and oxygen atoms in total. The van der Waals surface area contributed by atoms with E-state index < -0.39 is 0 Å². The van der Waals surface area contributed by atoms with Gasteiger partial charge in [0.1, 0.15) is 5.76 Å². The molecule has 0 radical (unpaired) electrons. The van der Waals surface area contributed by atoms with Gasteiger partial charge in [-0.05, 0) is 48.5 Å². The highest BCUT2D eigenvalue weighted by Crippen LogP contribution is 2.20. The topological polar surface area (TPSA) is 57.7 Å². The molecule has 0 spiro atoms. The first-order chi connectivity index (χ1) is 11.8. The molecule has 1 aliphatic heterocycles. The molecule has 0 amide bonds. The largest absolute Gasteiger partial charge is 0.471 e. The molecule has 2 aromatic rings. The zero-order valence-corrected chi connectivity index (χ0v) is 14.1. The Labute approximate surface area is 146 Å². The van der Waals surface area contributed by atoms with Crippen LogP contribution < -0.4 is 16.1 Å². The lowest BCUT2D eigenvalue weighted by molar-refractivity contribution is 0.291. The van der Waals surface area contributed by atoms with E-state index in [0.29, 0.717) is 6.73 Å². The van der Waals surface area contributed by atoms with E-state index in [1.807, 2.05) is 55.7 Å². The van der Waals surface area contributed by atoms with E-state index in [2.05, 4.69) is 21.2 Å².